The van der Waals surface area contributed by atoms with E-state index >= 15 is 0 Å². The molecule has 2 atom stereocenters. The molecule has 118 valence electrons. The highest BCUT2D eigenvalue weighted by atomic mass is 35.5. The molecular formula is C15H23ClN2O3. The average Bonchev–Trinajstić information content (AvgIpc) is 2.53. The average molecular weight is 315 g/mol. The first-order valence-corrected chi connectivity index (χ1v) is 7.07. The molecule has 0 aromatic heterocycles. The zero-order valence-electron chi connectivity index (χ0n) is 12.0. The van der Waals surface area contributed by atoms with Crippen molar-refractivity contribution in [2.24, 2.45) is 0 Å². The van der Waals surface area contributed by atoms with Gasteiger partial charge in [0.1, 0.15) is 6.10 Å². The van der Waals surface area contributed by atoms with Gasteiger partial charge < -0.3 is 20.5 Å². The number of ether oxygens (including phenoxy) is 1. The molecule has 1 aliphatic rings. The maximum Gasteiger partial charge on any atom is 0.250 e. The van der Waals surface area contributed by atoms with Gasteiger partial charge in [0.05, 0.1) is 6.61 Å². The topological polar surface area (TPSA) is 70.6 Å². The lowest BCUT2D eigenvalue weighted by molar-refractivity contribution is -0.134. The second-order valence-corrected chi connectivity index (χ2v) is 4.93. The number of carbonyl (C=O) groups is 1. The number of aliphatic hydroxyl groups is 1. The molecule has 2 unspecified atom stereocenters. The molecular weight excluding hydrogens is 292 g/mol. The molecule has 1 amide bonds. The Kier molecular flexibility index (Phi) is 8.30. The van der Waals surface area contributed by atoms with Crippen LogP contribution in [0.25, 0.3) is 0 Å². The third-order valence-corrected chi connectivity index (χ3v) is 3.49. The number of rotatable bonds is 6. The lowest BCUT2D eigenvalue weighted by Crippen LogP contribution is -2.48. The smallest absolute Gasteiger partial charge is 0.250 e. The number of aliphatic hydroxyl groups excluding tert-OH is 1. The first-order chi connectivity index (χ1) is 9.81. The first kappa shape index (κ1) is 17.9. The molecule has 0 radical (unpaired) electrons. The van der Waals surface area contributed by atoms with E-state index in [1.165, 1.54) is 0 Å². The molecule has 21 heavy (non-hydrogen) atoms. The fourth-order valence-corrected chi connectivity index (χ4v) is 2.34. The lowest BCUT2D eigenvalue weighted by Gasteiger charge is -2.24. The minimum Gasteiger partial charge on any atom is -0.396 e. The van der Waals surface area contributed by atoms with Crippen LogP contribution in [0.4, 0.5) is 0 Å². The fourth-order valence-electron chi connectivity index (χ4n) is 2.34. The summed E-state index contributed by atoms with van der Waals surface area (Å²) in [5.74, 6) is 0.0396. The van der Waals surface area contributed by atoms with E-state index in [9.17, 15) is 4.79 Å². The Bertz CT molecular complexity index is 411. The Morgan fingerprint density at radius 2 is 2.19 bits per heavy atom. The Balaban J connectivity index is 0.00000220. The van der Waals surface area contributed by atoms with Gasteiger partial charge in [-0.2, -0.15) is 0 Å². The summed E-state index contributed by atoms with van der Waals surface area (Å²) in [6.07, 6.45) is 0.225. The summed E-state index contributed by atoms with van der Waals surface area (Å²) in [6, 6.07) is 9.93. The summed E-state index contributed by atoms with van der Waals surface area (Å²) in [5.41, 5.74) is 1.13. The monoisotopic (exact) mass is 314 g/mol. The van der Waals surface area contributed by atoms with Crippen LogP contribution < -0.4 is 10.6 Å². The minimum absolute atomic E-state index is 0. The van der Waals surface area contributed by atoms with Crippen LogP contribution in [-0.2, 0) is 9.53 Å². The summed E-state index contributed by atoms with van der Waals surface area (Å²) in [4.78, 5) is 12.0. The van der Waals surface area contributed by atoms with Crippen LogP contribution in [0.15, 0.2) is 30.3 Å². The third kappa shape index (κ3) is 5.63. The number of benzene rings is 1. The van der Waals surface area contributed by atoms with E-state index in [0.29, 0.717) is 26.1 Å². The van der Waals surface area contributed by atoms with E-state index in [-0.39, 0.29) is 30.8 Å². The molecule has 1 aromatic rings. The second kappa shape index (κ2) is 9.73. The van der Waals surface area contributed by atoms with Crippen molar-refractivity contribution in [1.29, 1.82) is 0 Å². The van der Waals surface area contributed by atoms with Crippen LogP contribution in [0, 0.1) is 0 Å². The number of amides is 1. The summed E-state index contributed by atoms with van der Waals surface area (Å²) in [5, 5.41) is 15.2. The maximum absolute atomic E-state index is 12.0. The predicted octanol–water partition coefficient (Wildman–Crippen LogP) is 0.679. The molecule has 3 N–H and O–H groups in total. The Morgan fingerprint density at radius 1 is 1.43 bits per heavy atom. The SMILES string of the molecule is Cl.O=C(NCC(CCO)c1ccccc1)C1CNCCO1. The number of morpholine rings is 1. The molecule has 1 fully saturated rings. The highest BCUT2D eigenvalue weighted by Crippen LogP contribution is 2.18. The van der Waals surface area contributed by atoms with Crippen molar-refractivity contribution >= 4 is 18.3 Å². The highest BCUT2D eigenvalue weighted by Gasteiger charge is 2.22. The number of halogens is 1. The van der Waals surface area contributed by atoms with Crippen molar-refractivity contribution in [2.75, 3.05) is 32.8 Å². The van der Waals surface area contributed by atoms with Gasteiger partial charge in [0, 0.05) is 32.2 Å². The molecule has 1 aliphatic heterocycles. The summed E-state index contributed by atoms with van der Waals surface area (Å²) < 4.78 is 5.41. The van der Waals surface area contributed by atoms with Crippen LogP contribution in [0.2, 0.25) is 0 Å². The standard InChI is InChI=1S/C15H22N2O3.ClH/c18-8-6-13(12-4-2-1-3-5-12)10-17-15(19)14-11-16-7-9-20-14;/h1-5,13-14,16,18H,6-11H2,(H,17,19);1H. The van der Waals surface area contributed by atoms with Crippen molar-refractivity contribution in [1.82, 2.24) is 10.6 Å². The van der Waals surface area contributed by atoms with Crippen LogP contribution in [0.5, 0.6) is 0 Å². The van der Waals surface area contributed by atoms with Crippen LogP contribution in [0.1, 0.15) is 17.9 Å². The van der Waals surface area contributed by atoms with Gasteiger partial charge in [-0.1, -0.05) is 30.3 Å². The molecule has 0 bridgehead atoms. The molecule has 5 nitrogen and oxygen atoms in total. The van der Waals surface area contributed by atoms with Crippen molar-refractivity contribution in [3.8, 4) is 0 Å². The molecule has 1 heterocycles. The van der Waals surface area contributed by atoms with Gasteiger partial charge in [-0.3, -0.25) is 4.79 Å². The van der Waals surface area contributed by atoms with Gasteiger partial charge >= 0.3 is 0 Å². The highest BCUT2D eigenvalue weighted by molar-refractivity contribution is 5.85. The summed E-state index contributed by atoms with van der Waals surface area (Å²) in [7, 11) is 0. The second-order valence-electron chi connectivity index (χ2n) is 4.93. The normalized spacial score (nSPS) is 19.4. The Labute approximate surface area is 131 Å². The number of carbonyl (C=O) groups excluding carboxylic acids is 1. The zero-order chi connectivity index (χ0) is 14.2. The number of hydrogen-bond acceptors (Lipinski definition) is 4. The van der Waals surface area contributed by atoms with Gasteiger partial charge in [0.2, 0.25) is 5.91 Å². The molecule has 2 rings (SSSR count). The molecule has 0 aliphatic carbocycles. The molecule has 0 spiro atoms. The third-order valence-electron chi connectivity index (χ3n) is 3.49. The van der Waals surface area contributed by atoms with Crippen molar-refractivity contribution in [3.05, 3.63) is 35.9 Å². The van der Waals surface area contributed by atoms with Gasteiger partial charge in [0.25, 0.3) is 0 Å². The molecule has 6 heteroatoms. The molecule has 1 aromatic carbocycles. The van der Waals surface area contributed by atoms with Crippen LogP contribution >= 0.6 is 12.4 Å². The van der Waals surface area contributed by atoms with Gasteiger partial charge in [-0.15, -0.1) is 12.4 Å². The van der Waals surface area contributed by atoms with Crippen molar-refractivity contribution in [2.45, 2.75) is 18.4 Å². The fraction of sp³-hybridized carbons (Fsp3) is 0.533. The summed E-state index contributed by atoms with van der Waals surface area (Å²) in [6.45, 7) is 2.54. The van der Waals surface area contributed by atoms with E-state index in [4.69, 9.17) is 9.84 Å². The largest absolute Gasteiger partial charge is 0.396 e. The maximum atomic E-state index is 12.0. The Hall–Kier alpha value is -1.14. The predicted molar refractivity (Wildman–Crippen MR) is 83.8 cm³/mol. The first-order valence-electron chi connectivity index (χ1n) is 7.07. The minimum atomic E-state index is -0.408. The van der Waals surface area contributed by atoms with Crippen LogP contribution in [0.3, 0.4) is 0 Å². The quantitative estimate of drug-likeness (QED) is 0.722. The van der Waals surface area contributed by atoms with Crippen LogP contribution in [-0.4, -0.2) is 50.0 Å². The van der Waals surface area contributed by atoms with Crippen molar-refractivity contribution < 1.29 is 14.6 Å². The summed E-state index contributed by atoms with van der Waals surface area (Å²) >= 11 is 0. The van der Waals surface area contributed by atoms with E-state index in [1.807, 2.05) is 30.3 Å². The van der Waals surface area contributed by atoms with E-state index in [2.05, 4.69) is 10.6 Å². The van der Waals surface area contributed by atoms with E-state index in [0.717, 1.165) is 12.1 Å². The van der Waals surface area contributed by atoms with Crippen molar-refractivity contribution in [3.63, 3.8) is 0 Å². The van der Waals surface area contributed by atoms with Gasteiger partial charge in [-0.05, 0) is 12.0 Å². The molecule has 1 saturated heterocycles. The number of hydrogen-bond donors (Lipinski definition) is 3. The van der Waals surface area contributed by atoms with E-state index in [1.54, 1.807) is 0 Å². The van der Waals surface area contributed by atoms with Gasteiger partial charge in [0.15, 0.2) is 0 Å². The number of nitrogens with one attached hydrogen (secondary N) is 2. The Morgan fingerprint density at radius 3 is 2.81 bits per heavy atom. The lowest BCUT2D eigenvalue weighted by atomic mass is 9.96. The molecule has 0 saturated carbocycles. The van der Waals surface area contributed by atoms with E-state index < -0.39 is 6.10 Å². The van der Waals surface area contributed by atoms with Gasteiger partial charge in [-0.25, -0.2) is 0 Å². The zero-order valence-corrected chi connectivity index (χ0v) is 12.8.